The van der Waals surface area contributed by atoms with E-state index in [2.05, 4.69) is 26.2 Å². The summed E-state index contributed by atoms with van der Waals surface area (Å²) in [6.07, 6.45) is 1.36. The predicted molar refractivity (Wildman–Crippen MR) is 93.6 cm³/mol. The van der Waals surface area contributed by atoms with Gasteiger partial charge in [0.25, 0.3) is 5.91 Å². The zero-order valence-corrected chi connectivity index (χ0v) is 15.2. The molecule has 0 unspecified atom stereocenters. The number of hydrogen-bond acceptors (Lipinski definition) is 5. The third-order valence-electron chi connectivity index (χ3n) is 2.81. The van der Waals surface area contributed by atoms with Gasteiger partial charge in [0.1, 0.15) is 4.88 Å². The fourth-order valence-electron chi connectivity index (χ4n) is 1.65. The van der Waals surface area contributed by atoms with Crippen LogP contribution < -0.4 is 11.1 Å². The van der Waals surface area contributed by atoms with Gasteiger partial charge in [0.05, 0.1) is 11.9 Å². The van der Waals surface area contributed by atoms with Crippen LogP contribution in [0.25, 0.3) is 0 Å². The Balaban J connectivity index is 1.95. The molecule has 0 bridgehead atoms. The summed E-state index contributed by atoms with van der Waals surface area (Å²) >= 11 is 6.01. The number of rotatable bonds is 5. The van der Waals surface area contributed by atoms with Crippen LogP contribution in [0, 0.1) is 13.8 Å². The number of benzene rings is 1. The van der Waals surface area contributed by atoms with E-state index in [1.54, 1.807) is 0 Å². The number of halogens is 1. The van der Waals surface area contributed by atoms with E-state index < -0.39 is 5.91 Å². The number of nitrogens with two attached hydrogens (primary N) is 1. The van der Waals surface area contributed by atoms with Crippen LogP contribution in [0.4, 0.5) is 5.13 Å². The molecule has 5 nitrogen and oxygen atoms in total. The summed E-state index contributed by atoms with van der Waals surface area (Å²) in [5.74, 6) is -0.448. The number of carbonyl (C=O) groups is 2. The molecule has 0 radical (unpaired) electrons. The zero-order chi connectivity index (χ0) is 16.3. The minimum Gasteiger partial charge on any atom is -0.365 e. The smallest absolute Gasteiger partial charge is 0.260 e. The van der Waals surface area contributed by atoms with E-state index in [0.29, 0.717) is 10.0 Å². The highest BCUT2D eigenvalue weighted by Gasteiger charge is 2.11. The summed E-state index contributed by atoms with van der Waals surface area (Å²) in [5.41, 5.74) is 7.38. The molecule has 2 aromatic rings. The average Bonchev–Trinajstić information content (AvgIpc) is 2.90. The van der Waals surface area contributed by atoms with Crippen molar-refractivity contribution < 1.29 is 9.59 Å². The van der Waals surface area contributed by atoms with Crippen molar-refractivity contribution in [3.8, 4) is 0 Å². The molecule has 0 saturated carbocycles. The van der Waals surface area contributed by atoms with E-state index in [1.807, 2.05) is 26.0 Å². The number of carbonyl (C=O) groups excluding carboxylic acids is 2. The zero-order valence-electron chi connectivity index (χ0n) is 12.0. The first-order valence-corrected chi connectivity index (χ1v) is 8.91. The molecule has 116 valence electrons. The van der Waals surface area contributed by atoms with E-state index in [1.165, 1.54) is 18.0 Å². The van der Waals surface area contributed by atoms with E-state index in [0.717, 1.165) is 31.8 Å². The van der Waals surface area contributed by atoms with Gasteiger partial charge < -0.3 is 11.1 Å². The van der Waals surface area contributed by atoms with Gasteiger partial charge in [-0.2, -0.15) is 0 Å². The molecule has 1 heterocycles. The highest BCUT2D eigenvalue weighted by molar-refractivity contribution is 9.10. The molecule has 0 saturated heterocycles. The lowest BCUT2D eigenvalue weighted by Crippen LogP contribution is -2.13. The Morgan fingerprint density at radius 3 is 2.73 bits per heavy atom. The lowest BCUT2D eigenvalue weighted by atomic mass is 10.2. The van der Waals surface area contributed by atoms with Gasteiger partial charge in [0.15, 0.2) is 5.13 Å². The second-order valence-corrected chi connectivity index (χ2v) is 7.50. The average molecular weight is 400 g/mol. The third kappa shape index (κ3) is 4.31. The second kappa shape index (κ2) is 7.26. The Labute approximate surface area is 144 Å². The molecule has 0 aliphatic rings. The van der Waals surface area contributed by atoms with Crippen LogP contribution >= 0.6 is 39.0 Å². The maximum atomic E-state index is 11.9. The van der Waals surface area contributed by atoms with Gasteiger partial charge in [0, 0.05) is 9.37 Å². The van der Waals surface area contributed by atoms with Crippen LogP contribution in [0.15, 0.2) is 27.7 Å². The summed E-state index contributed by atoms with van der Waals surface area (Å²) in [6.45, 7) is 4.01. The fraction of sp³-hybridized carbons (Fsp3) is 0.214. The van der Waals surface area contributed by atoms with E-state index in [-0.39, 0.29) is 11.7 Å². The molecular weight excluding hydrogens is 386 g/mol. The molecule has 2 rings (SSSR count). The van der Waals surface area contributed by atoms with Crippen LogP contribution in [-0.4, -0.2) is 22.6 Å². The molecule has 1 aromatic carbocycles. The quantitative estimate of drug-likeness (QED) is 0.754. The Kier molecular flexibility index (Phi) is 5.60. The van der Waals surface area contributed by atoms with Crippen LogP contribution in [0.5, 0.6) is 0 Å². The first kappa shape index (κ1) is 17.0. The SMILES string of the molecule is Cc1cc(SCC(=O)Nc2ncc(C(N)=O)s2)c(C)cc1Br. The summed E-state index contributed by atoms with van der Waals surface area (Å²) in [7, 11) is 0. The highest BCUT2D eigenvalue weighted by Crippen LogP contribution is 2.28. The second-order valence-electron chi connectivity index (χ2n) is 4.60. The summed E-state index contributed by atoms with van der Waals surface area (Å²) in [4.78, 5) is 28.2. The fourth-order valence-corrected chi connectivity index (χ4v) is 3.70. The van der Waals surface area contributed by atoms with E-state index >= 15 is 0 Å². The van der Waals surface area contributed by atoms with E-state index in [9.17, 15) is 9.59 Å². The number of anilines is 1. The molecule has 3 N–H and O–H groups in total. The Morgan fingerprint density at radius 2 is 2.09 bits per heavy atom. The first-order chi connectivity index (χ1) is 10.4. The normalized spacial score (nSPS) is 10.5. The molecule has 0 spiro atoms. The minimum atomic E-state index is -0.548. The van der Waals surface area contributed by atoms with Gasteiger partial charge in [0.2, 0.25) is 5.91 Å². The number of amides is 2. The third-order valence-corrected chi connectivity index (χ3v) is 5.75. The molecule has 22 heavy (non-hydrogen) atoms. The maximum Gasteiger partial charge on any atom is 0.260 e. The summed E-state index contributed by atoms with van der Waals surface area (Å²) in [5, 5.41) is 3.04. The van der Waals surface area contributed by atoms with Crippen molar-refractivity contribution in [2.45, 2.75) is 18.7 Å². The molecular formula is C14H14BrN3O2S2. The van der Waals surface area contributed by atoms with Crippen molar-refractivity contribution in [2.24, 2.45) is 5.73 Å². The number of aryl methyl sites for hydroxylation is 2. The molecule has 0 atom stereocenters. The molecule has 0 aliphatic heterocycles. The predicted octanol–water partition coefficient (Wildman–Crippen LogP) is 3.35. The lowest BCUT2D eigenvalue weighted by molar-refractivity contribution is -0.113. The standard InChI is InChI=1S/C14H14BrN3O2S2/c1-7-4-10(8(2)3-9(7)15)21-6-12(19)18-14-17-5-11(22-14)13(16)20/h3-5H,6H2,1-2H3,(H2,16,20)(H,17,18,19). The van der Waals surface area contributed by atoms with Crippen LogP contribution in [0.1, 0.15) is 20.8 Å². The first-order valence-electron chi connectivity index (χ1n) is 6.32. The van der Waals surface area contributed by atoms with Crippen molar-refractivity contribution in [1.82, 2.24) is 4.98 Å². The topological polar surface area (TPSA) is 85.1 Å². The van der Waals surface area contributed by atoms with Crippen molar-refractivity contribution >= 4 is 56.0 Å². The number of aromatic nitrogens is 1. The van der Waals surface area contributed by atoms with Gasteiger partial charge in [-0.05, 0) is 37.1 Å². The van der Waals surface area contributed by atoms with Crippen LogP contribution in [0.2, 0.25) is 0 Å². The maximum absolute atomic E-state index is 11.9. The van der Waals surface area contributed by atoms with Crippen molar-refractivity contribution in [3.63, 3.8) is 0 Å². The lowest BCUT2D eigenvalue weighted by Gasteiger charge is -2.08. The number of hydrogen-bond donors (Lipinski definition) is 2. The van der Waals surface area contributed by atoms with Gasteiger partial charge in [-0.1, -0.05) is 27.3 Å². The summed E-state index contributed by atoms with van der Waals surface area (Å²) in [6, 6.07) is 4.08. The monoisotopic (exact) mass is 399 g/mol. The number of nitrogens with zero attached hydrogens (tertiary/aromatic N) is 1. The van der Waals surface area contributed by atoms with Crippen molar-refractivity contribution in [1.29, 1.82) is 0 Å². The van der Waals surface area contributed by atoms with Crippen molar-refractivity contribution in [2.75, 3.05) is 11.1 Å². The Hall–Kier alpha value is -1.38. The Morgan fingerprint density at radius 1 is 1.36 bits per heavy atom. The highest BCUT2D eigenvalue weighted by atomic mass is 79.9. The Bertz CT molecular complexity index is 731. The number of nitrogens with one attached hydrogen (secondary N) is 1. The van der Waals surface area contributed by atoms with Crippen LogP contribution in [0.3, 0.4) is 0 Å². The number of thiazole rings is 1. The molecule has 0 aliphatic carbocycles. The van der Waals surface area contributed by atoms with Gasteiger partial charge in [-0.25, -0.2) is 4.98 Å². The molecule has 1 aromatic heterocycles. The van der Waals surface area contributed by atoms with Gasteiger partial charge in [-0.3, -0.25) is 9.59 Å². The van der Waals surface area contributed by atoms with Crippen molar-refractivity contribution in [3.05, 3.63) is 38.8 Å². The van der Waals surface area contributed by atoms with E-state index in [4.69, 9.17) is 5.73 Å². The molecule has 8 heteroatoms. The number of primary amides is 1. The number of thioether (sulfide) groups is 1. The van der Waals surface area contributed by atoms with Gasteiger partial charge in [-0.15, -0.1) is 11.8 Å². The minimum absolute atomic E-state index is 0.171. The molecule has 0 fully saturated rings. The molecule has 2 amide bonds. The summed E-state index contributed by atoms with van der Waals surface area (Å²) < 4.78 is 1.06. The van der Waals surface area contributed by atoms with Gasteiger partial charge >= 0.3 is 0 Å². The van der Waals surface area contributed by atoms with Crippen LogP contribution in [-0.2, 0) is 4.79 Å². The largest absolute Gasteiger partial charge is 0.365 e.